The Morgan fingerprint density at radius 1 is 1.20 bits per heavy atom. The van der Waals surface area contributed by atoms with Gasteiger partial charge in [0.2, 0.25) is 0 Å². The van der Waals surface area contributed by atoms with Crippen LogP contribution in [-0.2, 0) is 7.05 Å². The number of carbonyl (C=O) groups excluding carboxylic acids is 1. The summed E-state index contributed by atoms with van der Waals surface area (Å²) in [6, 6.07) is 7.02. The van der Waals surface area contributed by atoms with Crippen LogP contribution in [0.2, 0.25) is 0 Å². The number of rotatable bonds is 5. The predicted octanol–water partition coefficient (Wildman–Crippen LogP) is 1.85. The molecule has 0 bridgehead atoms. The normalized spacial score (nSPS) is 15.4. The summed E-state index contributed by atoms with van der Waals surface area (Å²) < 4.78 is 1.40. The van der Waals surface area contributed by atoms with Gasteiger partial charge in [0.1, 0.15) is 11.3 Å². The third-order valence-electron chi connectivity index (χ3n) is 4.89. The summed E-state index contributed by atoms with van der Waals surface area (Å²) in [4.78, 5) is 27.3. The number of aromatic nitrogens is 1. The fraction of sp³-hybridized carbons (Fsp3) is 0.474. The number of pyridine rings is 1. The number of benzene rings is 1. The smallest absolute Gasteiger partial charge is 0.267 e. The van der Waals surface area contributed by atoms with Crippen LogP contribution in [0.1, 0.15) is 36.0 Å². The van der Waals surface area contributed by atoms with E-state index in [-0.39, 0.29) is 11.3 Å². The Morgan fingerprint density at radius 3 is 2.68 bits per heavy atom. The number of amides is 1. The minimum Gasteiger partial charge on any atom is -0.506 e. The van der Waals surface area contributed by atoms with Gasteiger partial charge in [0.25, 0.3) is 11.5 Å². The molecule has 1 saturated heterocycles. The van der Waals surface area contributed by atoms with Crippen molar-refractivity contribution in [3.8, 4) is 5.75 Å². The van der Waals surface area contributed by atoms with Crippen LogP contribution in [0.25, 0.3) is 10.9 Å². The van der Waals surface area contributed by atoms with E-state index < -0.39 is 11.5 Å². The standard InChI is InChI=1S/C19H25N3O3/c1-21-15-9-4-3-8-14(15)17(23)16(19(21)25)18(24)20-10-7-13-22-11-5-2-6-12-22/h3-4,8-9,23H,2,5-7,10-13H2,1H3,(H,20,24). The lowest BCUT2D eigenvalue weighted by atomic mass is 10.1. The molecule has 1 aromatic carbocycles. The molecule has 1 fully saturated rings. The van der Waals surface area contributed by atoms with E-state index in [1.807, 2.05) is 0 Å². The van der Waals surface area contributed by atoms with Gasteiger partial charge in [-0.1, -0.05) is 18.6 Å². The highest BCUT2D eigenvalue weighted by Gasteiger charge is 2.20. The Bertz CT molecular complexity index is 823. The number of fused-ring (bicyclic) bond motifs is 1. The zero-order valence-electron chi connectivity index (χ0n) is 14.6. The molecule has 0 atom stereocenters. The van der Waals surface area contributed by atoms with E-state index in [0.29, 0.717) is 17.4 Å². The monoisotopic (exact) mass is 343 g/mol. The van der Waals surface area contributed by atoms with Crippen LogP contribution in [0.5, 0.6) is 5.75 Å². The van der Waals surface area contributed by atoms with Crippen LogP contribution in [0.3, 0.4) is 0 Å². The summed E-state index contributed by atoms with van der Waals surface area (Å²) >= 11 is 0. The molecule has 25 heavy (non-hydrogen) atoms. The van der Waals surface area contributed by atoms with Crippen LogP contribution in [0, 0.1) is 0 Å². The van der Waals surface area contributed by atoms with E-state index in [2.05, 4.69) is 10.2 Å². The average molecular weight is 343 g/mol. The number of hydrogen-bond acceptors (Lipinski definition) is 4. The number of carbonyl (C=O) groups is 1. The van der Waals surface area contributed by atoms with Gasteiger partial charge in [-0.25, -0.2) is 0 Å². The van der Waals surface area contributed by atoms with Crippen LogP contribution in [0.4, 0.5) is 0 Å². The fourth-order valence-corrected chi connectivity index (χ4v) is 3.46. The van der Waals surface area contributed by atoms with Crippen LogP contribution >= 0.6 is 0 Å². The van der Waals surface area contributed by atoms with Crippen molar-refractivity contribution in [3.05, 3.63) is 40.2 Å². The SMILES string of the molecule is Cn1c(=O)c(C(=O)NCCCN2CCCCC2)c(O)c2ccccc21. The molecule has 1 aliphatic rings. The Hall–Kier alpha value is -2.34. The van der Waals surface area contributed by atoms with Gasteiger partial charge < -0.3 is 19.9 Å². The first-order valence-corrected chi connectivity index (χ1v) is 8.91. The molecule has 134 valence electrons. The zero-order chi connectivity index (χ0) is 17.8. The Kier molecular flexibility index (Phi) is 5.38. The number of nitrogens with one attached hydrogen (secondary N) is 1. The van der Waals surface area contributed by atoms with Gasteiger partial charge in [0.05, 0.1) is 5.52 Å². The highest BCUT2D eigenvalue weighted by atomic mass is 16.3. The maximum Gasteiger partial charge on any atom is 0.267 e. The second-order valence-electron chi connectivity index (χ2n) is 6.62. The molecule has 0 saturated carbocycles. The Morgan fingerprint density at radius 2 is 1.92 bits per heavy atom. The van der Waals surface area contributed by atoms with Crippen molar-refractivity contribution < 1.29 is 9.90 Å². The van der Waals surface area contributed by atoms with Crippen molar-refractivity contribution in [2.24, 2.45) is 7.05 Å². The summed E-state index contributed by atoms with van der Waals surface area (Å²) in [5.41, 5.74) is -0.0597. The molecule has 2 N–H and O–H groups in total. The molecular formula is C19H25N3O3. The minimum atomic E-state index is -0.512. The van der Waals surface area contributed by atoms with Gasteiger partial charge in [-0.05, 0) is 51.0 Å². The molecule has 0 aliphatic carbocycles. The van der Waals surface area contributed by atoms with Crippen molar-refractivity contribution in [2.75, 3.05) is 26.2 Å². The molecular weight excluding hydrogens is 318 g/mol. The lowest BCUT2D eigenvalue weighted by molar-refractivity contribution is 0.0946. The maximum atomic E-state index is 12.5. The molecule has 6 heteroatoms. The second-order valence-corrected chi connectivity index (χ2v) is 6.62. The van der Waals surface area contributed by atoms with Gasteiger partial charge in [0.15, 0.2) is 0 Å². The number of aryl methyl sites for hydroxylation is 1. The first kappa shape index (κ1) is 17.5. The van der Waals surface area contributed by atoms with Crippen molar-refractivity contribution >= 4 is 16.8 Å². The first-order chi connectivity index (χ1) is 12.1. The number of aromatic hydroxyl groups is 1. The first-order valence-electron chi connectivity index (χ1n) is 8.91. The second kappa shape index (κ2) is 7.70. The van der Waals surface area contributed by atoms with Gasteiger partial charge in [-0.3, -0.25) is 9.59 Å². The van der Waals surface area contributed by atoms with Gasteiger partial charge in [-0.15, -0.1) is 0 Å². The van der Waals surface area contributed by atoms with Gasteiger partial charge in [0, 0.05) is 19.0 Å². The molecule has 1 aromatic heterocycles. The molecule has 0 unspecified atom stereocenters. The van der Waals surface area contributed by atoms with E-state index in [9.17, 15) is 14.7 Å². The molecule has 2 aromatic rings. The third-order valence-corrected chi connectivity index (χ3v) is 4.89. The summed E-state index contributed by atoms with van der Waals surface area (Å²) in [7, 11) is 1.61. The van der Waals surface area contributed by atoms with Gasteiger partial charge >= 0.3 is 0 Å². The van der Waals surface area contributed by atoms with Crippen molar-refractivity contribution in [1.82, 2.24) is 14.8 Å². The van der Waals surface area contributed by atoms with E-state index in [0.717, 1.165) is 26.1 Å². The zero-order valence-corrected chi connectivity index (χ0v) is 14.6. The quantitative estimate of drug-likeness (QED) is 0.813. The Labute approximate surface area is 147 Å². The number of likely N-dealkylation sites (tertiary alicyclic amines) is 1. The van der Waals surface area contributed by atoms with Crippen LogP contribution in [-0.4, -0.2) is 46.7 Å². The van der Waals surface area contributed by atoms with Crippen molar-refractivity contribution in [1.29, 1.82) is 0 Å². The lowest BCUT2D eigenvalue weighted by Gasteiger charge is -2.26. The lowest BCUT2D eigenvalue weighted by Crippen LogP contribution is -2.35. The number of piperidine rings is 1. The van der Waals surface area contributed by atoms with E-state index in [4.69, 9.17) is 0 Å². The molecule has 0 radical (unpaired) electrons. The van der Waals surface area contributed by atoms with Crippen LogP contribution in [0.15, 0.2) is 29.1 Å². The minimum absolute atomic E-state index is 0.181. The third kappa shape index (κ3) is 3.69. The predicted molar refractivity (Wildman–Crippen MR) is 98.1 cm³/mol. The average Bonchev–Trinajstić information content (AvgIpc) is 2.64. The molecule has 0 spiro atoms. The molecule has 2 heterocycles. The highest BCUT2D eigenvalue weighted by Crippen LogP contribution is 2.25. The molecule has 6 nitrogen and oxygen atoms in total. The fourth-order valence-electron chi connectivity index (χ4n) is 3.46. The van der Waals surface area contributed by atoms with Crippen molar-refractivity contribution in [3.63, 3.8) is 0 Å². The van der Waals surface area contributed by atoms with Gasteiger partial charge in [-0.2, -0.15) is 0 Å². The molecule has 1 amide bonds. The molecule has 3 rings (SSSR count). The number of hydrogen-bond donors (Lipinski definition) is 2. The van der Waals surface area contributed by atoms with Crippen LogP contribution < -0.4 is 10.9 Å². The van der Waals surface area contributed by atoms with E-state index in [1.165, 1.54) is 23.8 Å². The summed E-state index contributed by atoms with van der Waals surface area (Å²) in [6.07, 6.45) is 4.62. The Balaban J connectivity index is 1.68. The van der Waals surface area contributed by atoms with E-state index in [1.54, 1.807) is 31.3 Å². The number of para-hydroxylation sites is 1. The maximum absolute atomic E-state index is 12.5. The summed E-state index contributed by atoms with van der Waals surface area (Å²) in [6.45, 7) is 3.69. The highest BCUT2D eigenvalue weighted by molar-refractivity contribution is 6.02. The van der Waals surface area contributed by atoms with Crippen molar-refractivity contribution in [2.45, 2.75) is 25.7 Å². The topological polar surface area (TPSA) is 74.6 Å². The number of nitrogens with zero attached hydrogens (tertiary/aromatic N) is 2. The van der Waals surface area contributed by atoms with E-state index >= 15 is 0 Å². The molecule has 1 aliphatic heterocycles. The largest absolute Gasteiger partial charge is 0.506 e. The summed E-state index contributed by atoms with van der Waals surface area (Å²) in [5.74, 6) is -0.755. The summed E-state index contributed by atoms with van der Waals surface area (Å²) in [5, 5.41) is 13.7.